The summed E-state index contributed by atoms with van der Waals surface area (Å²) in [5.74, 6) is -3.52. The molecule has 1 fully saturated rings. The maximum atomic E-state index is 15.1. The van der Waals surface area contributed by atoms with Crippen LogP contribution in [0.5, 0.6) is 0 Å². The molecule has 0 aromatic heterocycles. The molecule has 2 N–H and O–H groups in total. The Hall–Kier alpha value is -2.68. The van der Waals surface area contributed by atoms with Crippen molar-refractivity contribution in [2.75, 3.05) is 7.11 Å². The number of hydrogen-bond donors (Lipinski definition) is 2. The van der Waals surface area contributed by atoms with Crippen molar-refractivity contribution in [3.63, 3.8) is 0 Å². The molecule has 3 aliphatic carbocycles. The molecule has 8 nitrogen and oxygen atoms in total. The van der Waals surface area contributed by atoms with E-state index in [4.69, 9.17) is 9.47 Å². The number of aliphatic hydroxyl groups excluding tert-OH is 2. The molecule has 0 bridgehead atoms. The lowest BCUT2D eigenvalue weighted by Crippen LogP contribution is -2.50. The third-order valence-corrected chi connectivity index (χ3v) is 12.3. The van der Waals surface area contributed by atoms with Gasteiger partial charge in [0.05, 0.1) is 24.7 Å². The molecular weight excluding hydrogens is 620 g/mol. The number of fused-ring (bicyclic) bond motifs is 4. The summed E-state index contributed by atoms with van der Waals surface area (Å²) in [6.07, 6.45) is 8.14. The number of carbonyl (C=O) groups excluding carboxylic acids is 4. The number of epoxide rings is 1. The van der Waals surface area contributed by atoms with Gasteiger partial charge < -0.3 is 19.7 Å². The molecule has 0 aromatic rings. The van der Waals surface area contributed by atoms with Crippen molar-refractivity contribution in [3.05, 3.63) is 46.1 Å². The van der Waals surface area contributed by atoms with Crippen LogP contribution < -0.4 is 0 Å². The molecule has 9 unspecified atom stereocenters. The van der Waals surface area contributed by atoms with Crippen LogP contribution in [0.3, 0.4) is 0 Å². The summed E-state index contributed by atoms with van der Waals surface area (Å²) < 4.78 is 11.1. The number of esters is 1. The molecule has 4 aliphatic rings. The van der Waals surface area contributed by atoms with Gasteiger partial charge in [0, 0.05) is 36.5 Å². The van der Waals surface area contributed by atoms with Gasteiger partial charge in [-0.1, -0.05) is 49.6 Å². The molecule has 1 heterocycles. The van der Waals surface area contributed by atoms with E-state index < -0.39 is 41.3 Å². The number of aliphatic hydroxyl groups is 2. The maximum absolute atomic E-state index is 15.1. The Bertz CT molecular complexity index is 1430. The average molecular weight is 681 g/mol. The van der Waals surface area contributed by atoms with Crippen LogP contribution in [0.4, 0.5) is 0 Å². The Balaban J connectivity index is 1.87. The molecule has 0 radical (unpaired) electrons. The van der Waals surface area contributed by atoms with E-state index in [0.717, 1.165) is 42.4 Å². The van der Waals surface area contributed by atoms with Crippen molar-refractivity contribution in [2.24, 2.45) is 35.0 Å². The number of hydrogen-bond acceptors (Lipinski definition) is 8. The topological polar surface area (TPSA) is 130 Å². The normalized spacial score (nSPS) is 37.4. The lowest BCUT2D eigenvalue weighted by molar-refractivity contribution is -0.149. The maximum Gasteiger partial charge on any atom is 0.309 e. The van der Waals surface area contributed by atoms with Crippen LogP contribution in [0.2, 0.25) is 0 Å². The minimum absolute atomic E-state index is 0.0122. The summed E-state index contributed by atoms with van der Waals surface area (Å²) in [5.41, 5.74) is 3.05. The molecule has 49 heavy (non-hydrogen) atoms. The van der Waals surface area contributed by atoms with Crippen LogP contribution in [-0.4, -0.2) is 64.6 Å². The van der Waals surface area contributed by atoms with Crippen LogP contribution in [0.25, 0.3) is 0 Å². The Morgan fingerprint density at radius 3 is 2.27 bits per heavy atom. The Morgan fingerprint density at radius 2 is 1.61 bits per heavy atom. The second-order valence-electron chi connectivity index (χ2n) is 16.3. The SMILES string of the molecule is COC(=O)C1CC(=O)C=C(C)CCC2CC(C)=C3C(O)C(O)C(C)=CCCC4(C)OC4CCC(C)=CC3C2(C)C(=O)CC(C(C)C)C(=O)C1. The minimum atomic E-state index is -1.21. The van der Waals surface area contributed by atoms with Crippen molar-refractivity contribution in [1.29, 1.82) is 0 Å². The third-order valence-electron chi connectivity index (χ3n) is 12.3. The van der Waals surface area contributed by atoms with Gasteiger partial charge in [-0.05, 0) is 109 Å². The summed E-state index contributed by atoms with van der Waals surface area (Å²) in [5, 5.41) is 23.6. The Morgan fingerprint density at radius 1 is 0.939 bits per heavy atom. The van der Waals surface area contributed by atoms with E-state index in [1.807, 2.05) is 47.6 Å². The van der Waals surface area contributed by atoms with Gasteiger partial charge in [-0.25, -0.2) is 0 Å². The fourth-order valence-corrected chi connectivity index (χ4v) is 8.76. The van der Waals surface area contributed by atoms with Crippen LogP contribution in [0, 0.1) is 35.0 Å². The summed E-state index contributed by atoms with van der Waals surface area (Å²) in [7, 11) is 1.25. The quantitative estimate of drug-likeness (QED) is 0.182. The highest BCUT2D eigenvalue weighted by Gasteiger charge is 2.54. The van der Waals surface area contributed by atoms with Crippen molar-refractivity contribution in [3.8, 4) is 0 Å². The number of carbonyl (C=O) groups is 4. The van der Waals surface area contributed by atoms with Crippen LogP contribution in [0.1, 0.15) is 120 Å². The lowest BCUT2D eigenvalue weighted by Gasteiger charge is -2.49. The van der Waals surface area contributed by atoms with E-state index >= 15 is 4.79 Å². The number of ether oxygens (including phenoxy) is 2. The van der Waals surface area contributed by atoms with Crippen LogP contribution in [-0.2, 0) is 28.7 Å². The molecule has 272 valence electrons. The molecule has 1 aliphatic heterocycles. The number of ketones is 3. The second-order valence-corrected chi connectivity index (χ2v) is 16.3. The van der Waals surface area contributed by atoms with Crippen molar-refractivity contribution >= 4 is 23.3 Å². The van der Waals surface area contributed by atoms with E-state index in [-0.39, 0.29) is 60.2 Å². The molecule has 0 amide bonds. The standard InChI is InChI=1S/C41H60O8/c1-23(2)31-22-34(44)41(8)29(14-12-24(3)17-30(42)20-28(21-33(31)43)39(47)48-9)19-27(6)36-32(41)18-25(4)13-15-35-40(7,49-35)16-10-11-26(5)37(45)38(36)46/h11,17-18,23,28-29,31-32,35,37-38,45-46H,10,12-16,19-22H2,1-9H3. The third kappa shape index (κ3) is 8.62. The molecular formula is C41H60O8. The number of methoxy groups -OCH3 is 1. The average Bonchev–Trinajstić information content (AvgIpc) is 3.69. The first kappa shape index (κ1) is 39.1. The highest BCUT2D eigenvalue weighted by atomic mass is 16.6. The summed E-state index contributed by atoms with van der Waals surface area (Å²) in [6.45, 7) is 15.7. The summed E-state index contributed by atoms with van der Waals surface area (Å²) in [6, 6.07) is 0. The summed E-state index contributed by atoms with van der Waals surface area (Å²) >= 11 is 0. The monoisotopic (exact) mass is 680 g/mol. The molecule has 8 heteroatoms. The predicted octanol–water partition coefficient (Wildman–Crippen LogP) is 6.97. The van der Waals surface area contributed by atoms with E-state index in [0.29, 0.717) is 30.4 Å². The van der Waals surface area contributed by atoms with Gasteiger partial charge in [0.2, 0.25) is 0 Å². The fraction of sp³-hybridized carbons (Fsp3) is 0.707. The van der Waals surface area contributed by atoms with Gasteiger partial charge in [0.15, 0.2) is 5.78 Å². The van der Waals surface area contributed by atoms with Crippen molar-refractivity contribution < 1.29 is 38.9 Å². The smallest absolute Gasteiger partial charge is 0.309 e. The lowest BCUT2D eigenvalue weighted by atomic mass is 9.54. The molecule has 9 atom stereocenters. The van der Waals surface area contributed by atoms with Crippen molar-refractivity contribution in [1.82, 2.24) is 0 Å². The molecule has 4 rings (SSSR count). The zero-order chi connectivity index (χ0) is 36.4. The number of Topliss-reactive ketones (excluding diaryl/α,β-unsaturated/α-hetero) is 2. The van der Waals surface area contributed by atoms with Gasteiger partial charge in [-0.2, -0.15) is 0 Å². The van der Waals surface area contributed by atoms with Gasteiger partial charge in [0.25, 0.3) is 0 Å². The van der Waals surface area contributed by atoms with Gasteiger partial charge in [-0.15, -0.1) is 0 Å². The van der Waals surface area contributed by atoms with E-state index in [9.17, 15) is 24.6 Å². The second kappa shape index (κ2) is 15.7. The molecule has 0 spiro atoms. The first-order valence-corrected chi connectivity index (χ1v) is 18.3. The highest BCUT2D eigenvalue weighted by Crippen LogP contribution is 2.54. The molecule has 0 saturated carbocycles. The molecule has 1 saturated heterocycles. The van der Waals surface area contributed by atoms with Gasteiger partial charge in [0.1, 0.15) is 23.8 Å². The Kier molecular flexibility index (Phi) is 12.5. The van der Waals surface area contributed by atoms with Crippen molar-refractivity contribution in [2.45, 2.75) is 144 Å². The number of rotatable bonds is 2. The zero-order valence-corrected chi connectivity index (χ0v) is 31.3. The first-order valence-electron chi connectivity index (χ1n) is 18.3. The number of allylic oxidation sites excluding steroid dienone is 6. The largest absolute Gasteiger partial charge is 0.469 e. The van der Waals surface area contributed by atoms with Crippen LogP contribution in [0.15, 0.2) is 46.1 Å². The van der Waals surface area contributed by atoms with E-state index in [1.54, 1.807) is 6.08 Å². The van der Waals surface area contributed by atoms with Crippen LogP contribution >= 0.6 is 0 Å². The first-order chi connectivity index (χ1) is 22.9. The van der Waals surface area contributed by atoms with E-state index in [1.165, 1.54) is 7.11 Å². The van der Waals surface area contributed by atoms with E-state index in [2.05, 4.69) is 19.9 Å². The highest BCUT2D eigenvalue weighted by molar-refractivity contribution is 5.96. The fourth-order valence-electron chi connectivity index (χ4n) is 8.76. The molecule has 0 aromatic carbocycles. The summed E-state index contributed by atoms with van der Waals surface area (Å²) in [4.78, 5) is 54.8. The van der Waals surface area contributed by atoms with Gasteiger partial charge in [-0.3, -0.25) is 19.2 Å². The Labute approximate surface area is 293 Å². The zero-order valence-electron chi connectivity index (χ0n) is 31.3. The van der Waals surface area contributed by atoms with Gasteiger partial charge >= 0.3 is 5.97 Å². The predicted molar refractivity (Wildman–Crippen MR) is 189 cm³/mol. The minimum Gasteiger partial charge on any atom is -0.469 e.